The monoisotopic (exact) mass is 574 g/mol. The Bertz CT molecular complexity index is 1670. The molecule has 42 heavy (non-hydrogen) atoms. The van der Waals surface area contributed by atoms with Crippen LogP contribution in [0.15, 0.2) is 42.5 Å². The third kappa shape index (κ3) is 4.95. The van der Waals surface area contributed by atoms with Crippen LogP contribution in [0.25, 0.3) is 33.5 Å². The van der Waals surface area contributed by atoms with Crippen molar-refractivity contribution in [2.75, 3.05) is 33.3 Å². The van der Waals surface area contributed by atoms with Crippen molar-refractivity contribution < 1.29 is 23.8 Å². The minimum absolute atomic E-state index is 0.0388. The van der Waals surface area contributed by atoms with E-state index in [-0.39, 0.29) is 25.4 Å². The first-order chi connectivity index (χ1) is 20.4. The van der Waals surface area contributed by atoms with Gasteiger partial charge in [-0.3, -0.25) is 4.79 Å². The van der Waals surface area contributed by atoms with Crippen LogP contribution in [0.2, 0.25) is 0 Å². The van der Waals surface area contributed by atoms with Gasteiger partial charge in [0.2, 0.25) is 0 Å². The number of hydrogen-bond donors (Lipinski definition) is 3. The Kier molecular flexibility index (Phi) is 6.76. The number of fused-ring (bicyclic) bond motifs is 2. The second kappa shape index (κ2) is 10.6. The first-order valence-corrected chi connectivity index (χ1v) is 14.7. The quantitative estimate of drug-likeness (QED) is 0.292. The zero-order valence-electron chi connectivity index (χ0n) is 23.6. The molecule has 0 spiro atoms. The van der Waals surface area contributed by atoms with Crippen molar-refractivity contribution in [3.63, 3.8) is 0 Å². The van der Waals surface area contributed by atoms with E-state index in [1.807, 2.05) is 0 Å². The average molecular weight is 575 g/mol. The van der Waals surface area contributed by atoms with Crippen molar-refractivity contribution in [3.05, 3.63) is 48.0 Å². The predicted octanol–water partition coefficient (Wildman–Crippen LogP) is 4.12. The molecule has 1 aliphatic carbocycles. The van der Waals surface area contributed by atoms with E-state index in [4.69, 9.17) is 14.8 Å². The van der Waals surface area contributed by atoms with Crippen LogP contribution in [0.4, 0.5) is 9.18 Å². The van der Waals surface area contributed by atoms with E-state index in [1.165, 1.54) is 23.3 Å². The Balaban J connectivity index is 1.33. The van der Waals surface area contributed by atoms with Gasteiger partial charge >= 0.3 is 6.09 Å². The average Bonchev–Trinajstić information content (AvgIpc) is 3.59. The topological polar surface area (TPSA) is 114 Å². The molecule has 1 saturated carbocycles. The lowest BCUT2D eigenvalue weighted by Crippen LogP contribution is -2.53. The first-order valence-electron chi connectivity index (χ1n) is 14.7. The number of imidazole rings is 1. The second-order valence-corrected chi connectivity index (χ2v) is 11.9. The molecule has 220 valence electrons. The van der Waals surface area contributed by atoms with Crippen molar-refractivity contribution in [2.45, 2.75) is 44.6 Å². The van der Waals surface area contributed by atoms with E-state index in [0.717, 1.165) is 48.6 Å². The van der Waals surface area contributed by atoms with Crippen molar-refractivity contribution in [1.82, 2.24) is 29.7 Å². The van der Waals surface area contributed by atoms with Crippen LogP contribution in [0, 0.1) is 11.8 Å². The molecule has 0 bridgehead atoms. The fraction of sp³-hybridized carbons (Fsp3) is 0.452. The summed E-state index contributed by atoms with van der Waals surface area (Å²) in [6.45, 7) is 3.55. The molecular weight excluding hydrogens is 539 g/mol. The molecule has 2 aromatic carbocycles. The molecule has 3 aliphatic rings. The lowest BCUT2D eigenvalue weighted by molar-refractivity contribution is 0.0577. The van der Waals surface area contributed by atoms with Crippen LogP contribution in [0.1, 0.15) is 29.6 Å². The fourth-order valence-corrected chi connectivity index (χ4v) is 6.43. The zero-order chi connectivity index (χ0) is 29.0. The summed E-state index contributed by atoms with van der Waals surface area (Å²) in [7, 11) is 1.58. The Labute approximate surface area is 242 Å². The van der Waals surface area contributed by atoms with Gasteiger partial charge in [0.05, 0.1) is 30.9 Å². The molecule has 0 radical (unpaired) electrons. The number of methoxy groups -OCH3 is 1. The Morgan fingerprint density at radius 2 is 1.88 bits per heavy atom. The van der Waals surface area contributed by atoms with Gasteiger partial charge in [0, 0.05) is 61.5 Å². The number of nitrogens with zero attached hydrogens (tertiary/aromatic N) is 4. The van der Waals surface area contributed by atoms with Gasteiger partial charge in [0.1, 0.15) is 17.4 Å². The molecule has 11 heteroatoms. The SMILES string of the molecule is COc1cc(C(=O)N2CC(F)C[C@@H](NC(=O)O)C2)cc2nc(-c3cc4ccccc4n3CC3CC3)n(CC3CNC3)c12. The maximum Gasteiger partial charge on any atom is 0.404 e. The highest BCUT2D eigenvalue weighted by molar-refractivity contribution is 6.00. The van der Waals surface area contributed by atoms with Crippen molar-refractivity contribution in [3.8, 4) is 17.3 Å². The minimum Gasteiger partial charge on any atom is -0.494 e. The number of rotatable bonds is 8. The first kappa shape index (κ1) is 26.8. The molecule has 7 rings (SSSR count). The molecule has 1 unspecified atom stereocenters. The number of amides is 2. The van der Waals surface area contributed by atoms with Crippen LogP contribution in [0.3, 0.4) is 0 Å². The summed E-state index contributed by atoms with van der Waals surface area (Å²) in [4.78, 5) is 31.4. The van der Waals surface area contributed by atoms with E-state index in [1.54, 1.807) is 19.2 Å². The van der Waals surface area contributed by atoms with Gasteiger partial charge in [-0.05, 0) is 43.0 Å². The molecular formula is C31H35FN6O4. The molecule has 2 atom stereocenters. The van der Waals surface area contributed by atoms with Gasteiger partial charge in [0.25, 0.3) is 5.91 Å². The highest BCUT2D eigenvalue weighted by atomic mass is 19.1. The number of alkyl halides is 1. The van der Waals surface area contributed by atoms with Crippen molar-refractivity contribution in [2.24, 2.45) is 11.8 Å². The highest BCUT2D eigenvalue weighted by Gasteiger charge is 2.33. The summed E-state index contributed by atoms with van der Waals surface area (Å²) in [5.74, 6) is 2.10. The van der Waals surface area contributed by atoms with Crippen molar-refractivity contribution in [1.29, 1.82) is 0 Å². The third-order valence-corrected chi connectivity index (χ3v) is 8.77. The van der Waals surface area contributed by atoms with Crippen LogP contribution >= 0.6 is 0 Å². The number of aromatic nitrogens is 3. The van der Waals surface area contributed by atoms with Gasteiger partial charge < -0.3 is 34.5 Å². The highest BCUT2D eigenvalue weighted by Crippen LogP contribution is 2.39. The van der Waals surface area contributed by atoms with Gasteiger partial charge in [0.15, 0.2) is 5.82 Å². The smallest absolute Gasteiger partial charge is 0.404 e. The Morgan fingerprint density at radius 3 is 2.60 bits per heavy atom. The van der Waals surface area contributed by atoms with Gasteiger partial charge in [-0.2, -0.15) is 0 Å². The number of para-hydroxylation sites is 1. The van der Waals surface area contributed by atoms with E-state index < -0.39 is 18.3 Å². The fourth-order valence-electron chi connectivity index (χ4n) is 6.43. The summed E-state index contributed by atoms with van der Waals surface area (Å²) in [6.07, 6.45) is -0.0519. The zero-order valence-corrected chi connectivity index (χ0v) is 23.6. The summed E-state index contributed by atoms with van der Waals surface area (Å²) >= 11 is 0. The number of ether oxygens (including phenoxy) is 1. The van der Waals surface area contributed by atoms with Crippen molar-refractivity contribution >= 4 is 33.9 Å². The molecule has 2 amide bonds. The van der Waals surface area contributed by atoms with E-state index in [2.05, 4.69) is 50.1 Å². The molecule has 2 aliphatic heterocycles. The molecule has 3 fully saturated rings. The third-order valence-electron chi connectivity index (χ3n) is 8.77. The summed E-state index contributed by atoms with van der Waals surface area (Å²) in [5.41, 5.74) is 4.02. The predicted molar refractivity (Wildman–Crippen MR) is 157 cm³/mol. The maximum absolute atomic E-state index is 14.6. The number of benzene rings is 2. The molecule has 4 heterocycles. The largest absolute Gasteiger partial charge is 0.494 e. The van der Waals surface area contributed by atoms with Crippen LogP contribution in [0.5, 0.6) is 5.75 Å². The van der Waals surface area contributed by atoms with Crippen LogP contribution < -0.4 is 15.4 Å². The number of hydrogen-bond acceptors (Lipinski definition) is 5. The molecule has 2 saturated heterocycles. The van der Waals surface area contributed by atoms with Crippen LogP contribution in [-0.2, 0) is 13.1 Å². The molecule has 4 aromatic rings. The lowest BCUT2D eigenvalue weighted by atomic mass is 10.0. The minimum atomic E-state index is -1.32. The standard InChI is InChI=1S/C31H35FN6O4/c1-42-27-10-21(30(39)36-16-22(32)11-23(17-36)34-31(40)41)8-24-28(27)38(15-19-12-33-13-19)29(35-24)26-9-20-4-2-3-5-25(20)37(26)14-18-6-7-18/h2-5,8-10,18-19,22-23,33-34H,6-7,11-17H2,1H3,(H,40,41)/t22?,23-/m1/s1. The number of piperidine rings is 1. The number of likely N-dealkylation sites (tertiary alicyclic amines) is 1. The summed E-state index contributed by atoms with van der Waals surface area (Å²) in [5, 5.41) is 16.0. The van der Waals surface area contributed by atoms with Gasteiger partial charge in [-0.25, -0.2) is 14.2 Å². The number of halogens is 1. The maximum atomic E-state index is 14.6. The lowest BCUT2D eigenvalue weighted by Gasteiger charge is -2.34. The molecule has 10 nitrogen and oxygen atoms in total. The van der Waals surface area contributed by atoms with E-state index in [0.29, 0.717) is 28.7 Å². The number of nitrogens with one attached hydrogen (secondary N) is 2. The summed E-state index contributed by atoms with van der Waals surface area (Å²) < 4.78 is 25.0. The molecule has 2 aromatic heterocycles. The molecule has 3 N–H and O–H groups in total. The normalized spacial score (nSPS) is 21.0. The number of carbonyl (C=O) groups is 2. The Hall–Kier alpha value is -4.12. The second-order valence-electron chi connectivity index (χ2n) is 11.9. The number of carboxylic acid groups (broad SMARTS) is 1. The number of carbonyl (C=O) groups excluding carboxylic acids is 1. The Morgan fingerprint density at radius 1 is 1.10 bits per heavy atom. The summed E-state index contributed by atoms with van der Waals surface area (Å²) in [6, 6.07) is 13.4. The van der Waals surface area contributed by atoms with Crippen LogP contribution in [-0.4, -0.2) is 81.6 Å². The van der Waals surface area contributed by atoms with Gasteiger partial charge in [-0.15, -0.1) is 0 Å². The van der Waals surface area contributed by atoms with E-state index in [9.17, 15) is 14.0 Å². The van der Waals surface area contributed by atoms with Gasteiger partial charge in [-0.1, -0.05) is 18.2 Å². The van der Waals surface area contributed by atoms with E-state index >= 15 is 0 Å².